The second-order valence-corrected chi connectivity index (χ2v) is 10.7. The van der Waals surface area contributed by atoms with Gasteiger partial charge in [0, 0.05) is 26.2 Å². The average molecular weight is 370 g/mol. The number of hydrogen-bond acceptors (Lipinski definition) is 6. The number of nitrogens with one attached hydrogen (secondary N) is 1. The quantitative estimate of drug-likeness (QED) is 0.830. The second-order valence-electron chi connectivity index (χ2n) is 8.03. The first-order chi connectivity index (χ1) is 11.6. The molecule has 0 radical (unpaired) electrons. The van der Waals surface area contributed by atoms with Crippen LogP contribution in [0.2, 0.25) is 0 Å². The Morgan fingerprint density at radius 2 is 2.08 bits per heavy atom. The molecular weight excluding hydrogens is 338 g/mol. The molecule has 1 fully saturated rings. The number of pyridine rings is 1. The molecule has 2 heterocycles. The minimum absolute atomic E-state index is 0.113. The fraction of sp³-hybridized carbons (Fsp3) is 0.722. The Morgan fingerprint density at radius 3 is 2.64 bits per heavy atom. The smallest absolute Gasteiger partial charge is 0.200 e. The van der Waals surface area contributed by atoms with Crippen LogP contribution in [-0.2, 0) is 14.6 Å². The maximum absolute atomic E-state index is 12.4. The van der Waals surface area contributed by atoms with Crippen LogP contribution in [0.4, 0.5) is 5.69 Å². The summed E-state index contributed by atoms with van der Waals surface area (Å²) in [6.45, 7) is 13.9. The summed E-state index contributed by atoms with van der Waals surface area (Å²) in [5.41, 5.74) is 0.803. The molecule has 1 unspecified atom stereocenters. The lowest BCUT2D eigenvalue weighted by molar-refractivity contribution is -0.0244. The Labute approximate surface area is 151 Å². The highest BCUT2D eigenvalue weighted by Gasteiger charge is 2.32. The van der Waals surface area contributed by atoms with Gasteiger partial charge in [0.15, 0.2) is 14.9 Å². The van der Waals surface area contributed by atoms with Crippen molar-refractivity contribution in [3.05, 3.63) is 18.3 Å². The van der Waals surface area contributed by atoms with Gasteiger partial charge in [-0.25, -0.2) is 13.4 Å². The summed E-state index contributed by atoms with van der Waals surface area (Å²) >= 11 is 0. The highest BCUT2D eigenvalue weighted by atomic mass is 32.2. The summed E-state index contributed by atoms with van der Waals surface area (Å²) in [6.07, 6.45) is 1.71. The Hall–Kier alpha value is -1.18. The molecule has 1 aliphatic rings. The van der Waals surface area contributed by atoms with E-state index in [2.05, 4.69) is 29.0 Å². The minimum Gasteiger partial charge on any atom is -0.381 e. The van der Waals surface area contributed by atoms with Gasteiger partial charge in [0.25, 0.3) is 0 Å². The van der Waals surface area contributed by atoms with Gasteiger partial charge < -0.3 is 10.1 Å². The van der Waals surface area contributed by atoms with Crippen LogP contribution in [0.3, 0.4) is 0 Å². The van der Waals surface area contributed by atoms with E-state index >= 15 is 0 Å². The molecular formula is C18H31N3O3S. The third kappa shape index (κ3) is 5.39. The molecule has 1 atom stereocenters. The number of anilines is 1. The second kappa shape index (κ2) is 8.01. The predicted molar refractivity (Wildman–Crippen MR) is 101 cm³/mol. The third-order valence-corrected chi connectivity index (χ3v) is 6.60. The first kappa shape index (κ1) is 20.1. The molecule has 1 N–H and O–H groups in total. The van der Waals surface area contributed by atoms with E-state index in [0.717, 1.165) is 31.9 Å². The van der Waals surface area contributed by atoms with Crippen molar-refractivity contribution in [2.24, 2.45) is 5.92 Å². The number of sulfone groups is 1. The van der Waals surface area contributed by atoms with E-state index in [4.69, 9.17) is 4.74 Å². The topological polar surface area (TPSA) is 71.5 Å². The van der Waals surface area contributed by atoms with Crippen LogP contribution in [0.1, 0.15) is 34.6 Å². The molecule has 1 saturated heterocycles. The maximum atomic E-state index is 12.4. The number of rotatable bonds is 6. The normalized spacial score (nSPS) is 20.0. The minimum atomic E-state index is -3.42. The van der Waals surface area contributed by atoms with Crippen LogP contribution in [-0.4, -0.2) is 61.9 Å². The Kier molecular flexibility index (Phi) is 6.45. The van der Waals surface area contributed by atoms with Crippen molar-refractivity contribution in [2.75, 3.05) is 38.1 Å². The maximum Gasteiger partial charge on any atom is 0.200 e. The van der Waals surface area contributed by atoms with Crippen molar-refractivity contribution < 1.29 is 13.2 Å². The van der Waals surface area contributed by atoms with E-state index in [-0.39, 0.29) is 11.1 Å². The van der Waals surface area contributed by atoms with E-state index < -0.39 is 14.6 Å². The lowest BCUT2D eigenvalue weighted by Crippen LogP contribution is -2.46. The van der Waals surface area contributed by atoms with Gasteiger partial charge in [-0.3, -0.25) is 4.90 Å². The molecule has 25 heavy (non-hydrogen) atoms. The summed E-state index contributed by atoms with van der Waals surface area (Å²) in [5.74, 6) is 0.646. The number of aromatic nitrogens is 1. The molecule has 0 aromatic carbocycles. The first-order valence-corrected chi connectivity index (χ1v) is 10.4. The van der Waals surface area contributed by atoms with Crippen LogP contribution in [0.25, 0.3) is 0 Å². The van der Waals surface area contributed by atoms with Gasteiger partial charge in [-0.15, -0.1) is 0 Å². The van der Waals surface area contributed by atoms with Crippen LogP contribution in [0.5, 0.6) is 0 Å². The highest BCUT2D eigenvalue weighted by molar-refractivity contribution is 7.92. The number of morpholine rings is 1. The van der Waals surface area contributed by atoms with E-state index in [1.54, 1.807) is 39.1 Å². The van der Waals surface area contributed by atoms with Gasteiger partial charge in [0.1, 0.15) is 0 Å². The Balaban J connectivity index is 1.92. The standard InChI is InChI=1S/C18H31N3O3S/c1-14(2)12-21-8-9-24-16(13-21)11-19-15-6-7-17(20-10-15)25(22,23)18(3,4)5/h6-7,10,14,16,19H,8-9,11-13H2,1-5H3. The van der Waals surface area contributed by atoms with Gasteiger partial charge in [-0.1, -0.05) is 13.8 Å². The van der Waals surface area contributed by atoms with E-state index in [1.807, 2.05) is 0 Å². The monoisotopic (exact) mass is 369 g/mol. The van der Waals surface area contributed by atoms with Gasteiger partial charge >= 0.3 is 0 Å². The molecule has 0 amide bonds. The third-order valence-electron chi connectivity index (χ3n) is 4.20. The molecule has 1 aromatic rings. The molecule has 142 valence electrons. The molecule has 0 spiro atoms. The predicted octanol–water partition coefficient (Wildman–Crippen LogP) is 2.42. The lowest BCUT2D eigenvalue weighted by atomic mass is 10.2. The van der Waals surface area contributed by atoms with Crippen molar-refractivity contribution in [3.8, 4) is 0 Å². The van der Waals surface area contributed by atoms with Gasteiger partial charge in [0.05, 0.1) is 29.3 Å². The van der Waals surface area contributed by atoms with Crippen molar-refractivity contribution in [1.29, 1.82) is 0 Å². The Morgan fingerprint density at radius 1 is 1.36 bits per heavy atom. The zero-order valence-corrected chi connectivity index (χ0v) is 16.8. The van der Waals surface area contributed by atoms with Crippen molar-refractivity contribution >= 4 is 15.5 Å². The van der Waals surface area contributed by atoms with Crippen molar-refractivity contribution in [1.82, 2.24) is 9.88 Å². The molecule has 1 aromatic heterocycles. The lowest BCUT2D eigenvalue weighted by Gasteiger charge is -2.34. The largest absolute Gasteiger partial charge is 0.381 e. The molecule has 2 rings (SSSR count). The van der Waals surface area contributed by atoms with Gasteiger partial charge in [0.2, 0.25) is 0 Å². The zero-order chi connectivity index (χ0) is 18.7. The van der Waals surface area contributed by atoms with Gasteiger partial charge in [-0.2, -0.15) is 0 Å². The first-order valence-electron chi connectivity index (χ1n) is 8.88. The fourth-order valence-electron chi connectivity index (χ4n) is 2.78. The highest BCUT2D eigenvalue weighted by Crippen LogP contribution is 2.23. The van der Waals surface area contributed by atoms with Crippen LogP contribution < -0.4 is 5.32 Å². The van der Waals surface area contributed by atoms with Crippen LogP contribution >= 0.6 is 0 Å². The van der Waals surface area contributed by atoms with Crippen LogP contribution in [0, 0.1) is 5.92 Å². The fourth-order valence-corrected chi connectivity index (χ4v) is 3.84. The molecule has 0 saturated carbocycles. The Bertz CT molecular complexity index is 651. The van der Waals surface area contributed by atoms with Crippen molar-refractivity contribution in [2.45, 2.75) is 50.5 Å². The molecule has 7 heteroatoms. The van der Waals surface area contributed by atoms with E-state index in [0.29, 0.717) is 12.5 Å². The number of nitrogens with zero attached hydrogens (tertiary/aromatic N) is 2. The van der Waals surface area contributed by atoms with Gasteiger partial charge in [-0.05, 0) is 38.8 Å². The molecule has 0 bridgehead atoms. The van der Waals surface area contributed by atoms with Crippen LogP contribution in [0.15, 0.2) is 23.4 Å². The average Bonchev–Trinajstić information content (AvgIpc) is 2.52. The summed E-state index contributed by atoms with van der Waals surface area (Å²) in [5, 5.41) is 3.41. The summed E-state index contributed by atoms with van der Waals surface area (Å²) in [7, 11) is -3.42. The number of ether oxygens (including phenoxy) is 1. The van der Waals surface area contributed by atoms with E-state index in [9.17, 15) is 8.42 Å². The number of hydrogen-bond donors (Lipinski definition) is 1. The molecule has 1 aliphatic heterocycles. The SMILES string of the molecule is CC(C)CN1CCOC(CNc2ccc(S(=O)(=O)C(C)(C)C)nc2)C1. The molecule has 6 nitrogen and oxygen atoms in total. The summed E-state index contributed by atoms with van der Waals surface area (Å²) < 4.78 is 29.7. The zero-order valence-electron chi connectivity index (χ0n) is 15.9. The molecule has 0 aliphatic carbocycles. The van der Waals surface area contributed by atoms with E-state index in [1.165, 1.54) is 0 Å². The summed E-state index contributed by atoms with van der Waals surface area (Å²) in [6, 6.07) is 3.33. The van der Waals surface area contributed by atoms with Crippen molar-refractivity contribution in [3.63, 3.8) is 0 Å². The summed E-state index contributed by atoms with van der Waals surface area (Å²) in [4.78, 5) is 6.56.